The molecule has 0 bridgehead atoms. The average Bonchev–Trinajstić information content (AvgIpc) is 3.01. The van der Waals surface area contributed by atoms with Crippen molar-refractivity contribution in [2.75, 3.05) is 0 Å². The molecule has 0 saturated heterocycles. The molecule has 0 aliphatic carbocycles. The first-order valence-electron chi connectivity index (χ1n) is 8.08. The summed E-state index contributed by atoms with van der Waals surface area (Å²) in [4.78, 5) is 13.4. The van der Waals surface area contributed by atoms with Gasteiger partial charge in [0.2, 0.25) is 11.8 Å². The lowest BCUT2D eigenvalue weighted by Gasteiger charge is -2.07. The van der Waals surface area contributed by atoms with E-state index in [1.54, 1.807) is 0 Å². The maximum Gasteiger partial charge on any atom is 0.226 e. The highest BCUT2D eigenvalue weighted by molar-refractivity contribution is 5.83. The number of benzene rings is 2. The van der Waals surface area contributed by atoms with Crippen LogP contribution in [0.2, 0.25) is 0 Å². The monoisotopic (exact) mass is 331 g/mol. The molecule has 0 atom stereocenters. The Bertz CT molecular complexity index is 1030. The Morgan fingerprint density at radius 1 is 0.880 bits per heavy atom. The van der Waals surface area contributed by atoms with Crippen LogP contribution in [0.25, 0.3) is 22.4 Å². The number of rotatable bonds is 4. The molecule has 124 valence electrons. The lowest BCUT2D eigenvalue weighted by atomic mass is 10.2. The van der Waals surface area contributed by atoms with Crippen molar-refractivity contribution in [2.24, 2.45) is 0 Å². The summed E-state index contributed by atoms with van der Waals surface area (Å²) in [6.45, 7) is 4.04. The molecule has 0 fully saturated rings. The van der Waals surface area contributed by atoms with Gasteiger partial charge in [0.05, 0.1) is 10.9 Å². The van der Waals surface area contributed by atoms with Gasteiger partial charge in [0.25, 0.3) is 0 Å². The van der Waals surface area contributed by atoms with Crippen LogP contribution in [0, 0.1) is 13.8 Å². The Morgan fingerprint density at radius 3 is 2.48 bits per heavy atom. The van der Waals surface area contributed by atoms with E-state index in [4.69, 9.17) is 9.15 Å². The number of para-hydroxylation sites is 1. The molecule has 5 heteroatoms. The molecule has 2 heterocycles. The van der Waals surface area contributed by atoms with Gasteiger partial charge >= 0.3 is 0 Å². The number of hydrogen-bond acceptors (Lipinski definition) is 5. The van der Waals surface area contributed by atoms with E-state index in [1.807, 2.05) is 68.4 Å². The van der Waals surface area contributed by atoms with Gasteiger partial charge in [-0.3, -0.25) is 0 Å². The van der Waals surface area contributed by atoms with Crippen LogP contribution in [0.15, 0.2) is 59.0 Å². The van der Waals surface area contributed by atoms with Crippen LogP contribution in [0.3, 0.4) is 0 Å². The van der Waals surface area contributed by atoms with Gasteiger partial charge in [-0.25, -0.2) is 9.97 Å². The summed E-state index contributed by atoms with van der Waals surface area (Å²) < 4.78 is 11.7. The highest BCUT2D eigenvalue weighted by Gasteiger charge is 2.13. The van der Waals surface area contributed by atoms with E-state index in [1.165, 1.54) is 0 Å². The zero-order valence-corrected chi connectivity index (χ0v) is 14.1. The Hall–Kier alpha value is -3.21. The molecule has 0 spiro atoms. The molecule has 0 N–H and O–H groups in total. The normalized spacial score (nSPS) is 11.0. The van der Waals surface area contributed by atoms with E-state index >= 15 is 0 Å². The predicted molar refractivity (Wildman–Crippen MR) is 95.3 cm³/mol. The van der Waals surface area contributed by atoms with Crippen molar-refractivity contribution in [3.05, 3.63) is 71.9 Å². The lowest BCUT2D eigenvalue weighted by molar-refractivity contribution is 0.290. The van der Waals surface area contributed by atoms with Gasteiger partial charge in [-0.2, -0.15) is 4.98 Å². The predicted octanol–water partition coefficient (Wildman–Crippen LogP) is 4.48. The zero-order valence-electron chi connectivity index (χ0n) is 14.1. The Balaban J connectivity index is 1.61. The van der Waals surface area contributed by atoms with Gasteiger partial charge in [-0.15, -0.1) is 0 Å². The van der Waals surface area contributed by atoms with Crippen molar-refractivity contribution in [3.63, 3.8) is 0 Å². The second-order valence-electron chi connectivity index (χ2n) is 5.77. The maximum atomic E-state index is 5.94. The van der Waals surface area contributed by atoms with Gasteiger partial charge in [0.15, 0.2) is 0 Å². The summed E-state index contributed by atoms with van der Waals surface area (Å²) in [6, 6.07) is 17.6. The molecule has 0 saturated carbocycles. The number of oxazole rings is 1. The molecular weight excluding hydrogens is 314 g/mol. The zero-order chi connectivity index (χ0) is 17.2. The third-order valence-electron chi connectivity index (χ3n) is 3.94. The highest BCUT2D eigenvalue weighted by atomic mass is 16.5. The summed E-state index contributed by atoms with van der Waals surface area (Å²) in [6.07, 6.45) is 0. The van der Waals surface area contributed by atoms with Crippen LogP contribution in [-0.2, 0) is 6.61 Å². The van der Waals surface area contributed by atoms with E-state index in [0.29, 0.717) is 24.2 Å². The van der Waals surface area contributed by atoms with Crippen LogP contribution in [0.1, 0.15) is 17.3 Å². The largest absolute Gasteiger partial charge is 0.470 e. The number of hydrogen-bond donors (Lipinski definition) is 0. The van der Waals surface area contributed by atoms with Gasteiger partial charge in [0.1, 0.15) is 23.9 Å². The smallest absolute Gasteiger partial charge is 0.226 e. The van der Waals surface area contributed by atoms with E-state index in [2.05, 4.69) is 15.0 Å². The summed E-state index contributed by atoms with van der Waals surface area (Å²) in [5, 5.41) is 0.887. The number of aryl methyl sites for hydroxylation is 2. The summed E-state index contributed by atoms with van der Waals surface area (Å²) in [5.74, 6) is 2.58. The van der Waals surface area contributed by atoms with Gasteiger partial charge in [0, 0.05) is 5.56 Å². The van der Waals surface area contributed by atoms with Crippen LogP contribution in [-0.4, -0.2) is 15.0 Å². The minimum atomic E-state index is 0.294. The van der Waals surface area contributed by atoms with E-state index in [0.717, 1.165) is 27.9 Å². The fraction of sp³-hybridized carbons (Fsp3) is 0.150. The first kappa shape index (κ1) is 15.3. The second kappa shape index (κ2) is 6.36. The van der Waals surface area contributed by atoms with Crippen LogP contribution < -0.4 is 4.74 Å². The molecule has 0 aliphatic heterocycles. The molecule has 2 aromatic heterocycles. The fourth-order valence-electron chi connectivity index (χ4n) is 2.67. The minimum absolute atomic E-state index is 0.294. The standard InChI is InChI=1S/C20H17N3O2/c1-13-18(23-19(25-13)15-8-4-3-5-9-15)12-24-20-16-10-6-7-11-17(16)21-14(2)22-20/h3-11H,12H2,1-2H3. The molecular formula is C20H17N3O2. The third-order valence-corrected chi connectivity index (χ3v) is 3.94. The van der Waals surface area contributed by atoms with E-state index < -0.39 is 0 Å². The number of aromatic nitrogens is 3. The second-order valence-corrected chi connectivity index (χ2v) is 5.77. The Kier molecular flexibility index (Phi) is 3.90. The van der Waals surface area contributed by atoms with Gasteiger partial charge in [-0.1, -0.05) is 30.3 Å². The molecule has 4 aromatic rings. The number of nitrogens with zero attached hydrogens (tertiary/aromatic N) is 3. The average molecular weight is 331 g/mol. The van der Waals surface area contributed by atoms with Crippen LogP contribution >= 0.6 is 0 Å². The van der Waals surface area contributed by atoms with Gasteiger partial charge in [-0.05, 0) is 38.1 Å². The van der Waals surface area contributed by atoms with Crippen molar-refractivity contribution >= 4 is 10.9 Å². The molecule has 0 aliphatic rings. The SMILES string of the molecule is Cc1nc(OCc2nc(-c3ccccc3)oc2C)c2ccccc2n1. The van der Waals surface area contributed by atoms with E-state index in [9.17, 15) is 0 Å². The minimum Gasteiger partial charge on any atom is -0.470 e. The molecule has 5 nitrogen and oxygen atoms in total. The molecule has 25 heavy (non-hydrogen) atoms. The molecule has 4 rings (SSSR count). The molecule has 0 radical (unpaired) electrons. The molecule has 2 aromatic carbocycles. The quantitative estimate of drug-likeness (QED) is 0.552. The number of fused-ring (bicyclic) bond motifs is 1. The third kappa shape index (κ3) is 3.08. The van der Waals surface area contributed by atoms with E-state index in [-0.39, 0.29) is 0 Å². The van der Waals surface area contributed by atoms with Crippen molar-refractivity contribution in [3.8, 4) is 17.3 Å². The van der Waals surface area contributed by atoms with Crippen molar-refractivity contribution < 1.29 is 9.15 Å². The van der Waals surface area contributed by atoms with Gasteiger partial charge < -0.3 is 9.15 Å². The lowest BCUT2D eigenvalue weighted by Crippen LogP contribution is -2.02. The number of ether oxygens (including phenoxy) is 1. The Morgan fingerprint density at radius 2 is 1.64 bits per heavy atom. The van der Waals surface area contributed by atoms with Crippen molar-refractivity contribution in [1.82, 2.24) is 15.0 Å². The summed E-state index contributed by atoms with van der Waals surface area (Å²) >= 11 is 0. The fourth-order valence-corrected chi connectivity index (χ4v) is 2.67. The van der Waals surface area contributed by atoms with Crippen molar-refractivity contribution in [2.45, 2.75) is 20.5 Å². The maximum absolute atomic E-state index is 5.94. The highest BCUT2D eigenvalue weighted by Crippen LogP contribution is 2.25. The first-order valence-corrected chi connectivity index (χ1v) is 8.08. The topological polar surface area (TPSA) is 61.0 Å². The summed E-state index contributed by atoms with van der Waals surface area (Å²) in [5.41, 5.74) is 2.58. The summed E-state index contributed by atoms with van der Waals surface area (Å²) in [7, 11) is 0. The first-order chi connectivity index (χ1) is 12.2. The van der Waals surface area contributed by atoms with Crippen molar-refractivity contribution in [1.29, 1.82) is 0 Å². The Labute approximate surface area is 145 Å². The molecule has 0 amide bonds. The van der Waals surface area contributed by atoms with Crippen LogP contribution in [0.4, 0.5) is 0 Å². The molecule has 0 unspecified atom stereocenters. The van der Waals surface area contributed by atoms with Crippen LogP contribution in [0.5, 0.6) is 5.88 Å².